The van der Waals surface area contributed by atoms with E-state index in [-0.39, 0.29) is 12.5 Å². The average molecular weight is 473 g/mol. The zero-order chi connectivity index (χ0) is 22.0. The first-order chi connectivity index (χ1) is 14.9. The second kappa shape index (κ2) is 9.10. The van der Waals surface area contributed by atoms with E-state index in [2.05, 4.69) is 15.3 Å². The number of hydrogen-bond acceptors (Lipinski definition) is 4. The third-order valence-electron chi connectivity index (χ3n) is 4.79. The third-order valence-corrected chi connectivity index (χ3v) is 5.68. The first-order valence-corrected chi connectivity index (χ1v) is 10.4. The number of benzene rings is 2. The van der Waals surface area contributed by atoms with Crippen molar-refractivity contribution >= 4 is 51.6 Å². The molecule has 31 heavy (non-hydrogen) atoms. The summed E-state index contributed by atoms with van der Waals surface area (Å²) >= 11 is 18.3. The quantitative estimate of drug-likeness (QED) is 0.354. The number of carbonyl (C=O) groups excluding carboxylic acids is 1. The van der Waals surface area contributed by atoms with Crippen molar-refractivity contribution in [1.82, 2.24) is 15.3 Å². The number of nitrogens with one attached hydrogen (secondary N) is 1. The Labute approximate surface area is 193 Å². The zero-order valence-electron chi connectivity index (χ0n) is 16.3. The lowest BCUT2D eigenvalue weighted by molar-refractivity contribution is 0.0950. The zero-order valence-corrected chi connectivity index (χ0v) is 18.6. The van der Waals surface area contributed by atoms with Crippen molar-refractivity contribution in [3.05, 3.63) is 92.8 Å². The van der Waals surface area contributed by atoms with E-state index in [0.29, 0.717) is 43.3 Å². The van der Waals surface area contributed by atoms with Gasteiger partial charge in [0, 0.05) is 52.2 Å². The molecule has 4 aromatic rings. The molecule has 0 atom stereocenters. The van der Waals surface area contributed by atoms with Crippen LogP contribution in [0.15, 0.2) is 61.1 Å². The fourth-order valence-electron chi connectivity index (χ4n) is 3.14. The van der Waals surface area contributed by atoms with E-state index in [1.165, 1.54) is 12.4 Å². The molecule has 156 valence electrons. The van der Waals surface area contributed by atoms with Gasteiger partial charge >= 0.3 is 0 Å². The number of ether oxygens (including phenoxy) is 1. The molecule has 2 aromatic heterocycles. The van der Waals surface area contributed by atoms with E-state index < -0.39 is 0 Å². The summed E-state index contributed by atoms with van der Waals surface area (Å²) in [4.78, 5) is 21.1. The standard InChI is InChI=1S/C23H16Cl3N3O2/c1-13-15(23(30)29-10-17-18(25)11-27-12-19(17)26)3-2-4-21(13)31-22-7-8-28-20-9-14(24)5-6-16(20)22/h2-9,11-12H,10H2,1H3,(H,29,30). The van der Waals surface area contributed by atoms with Crippen LogP contribution in [0.2, 0.25) is 15.1 Å². The number of halogens is 3. The largest absolute Gasteiger partial charge is 0.456 e. The predicted molar refractivity (Wildman–Crippen MR) is 123 cm³/mol. The van der Waals surface area contributed by atoms with E-state index in [1.807, 2.05) is 19.1 Å². The summed E-state index contributed by atoms with van der Waals surface area (Å²) in [5.41, 5.74) is 2.52. The Hall–Kier alpha value is -2.86. The number of nitrogens with zero attached hydrogens (tertiary/aromatic N) is 2. The maximum absolute atomic E-state index is 12.8. The minimum absolute atomic E-state index is 0.180. The summed E-state index contributed by atoms with van der Waals surface area (Å²) < 4.78 is 6.14. The first kappa shape index (κ1) is 21.4. The Morgan fingerprint density at radius 2 is 1.81 bits per heavy atom. The van der Waals surface area contributed by atoms with Crippen LogP contribution in [0.3, 0.4) is 0 Å². The van der Waals surface area contributed by atoms with E-state index in [4.69, 9.17) is 39.5 Å². The minimum Gasteiger partial charge on any atom is -0.456 e. The van der Waals surface area contributed by atoms with Crippen LogP contribution in [0.25, 0.3) is 10.9 Å². The first-order valence-electron chi connectivity index (χ1n) is 9.32. The molecule has 0 unspecified atom stereocenters. The van der Waals surface area contributed by atoms with Gasteiger partial charge in [-0.2, -0.15) is 0 Å². The molecule has 1 N–H and O–H groups in total. The van der Waals surface area contributed by atoms with Crippen molar-refractivity contribution in [1.29, 1.82) is 0 Å². The summed E-state index contributed by atoms with van der Waals surface area (Å²) in [6.07, 6.45) is 4.63. The van der Waals surface area contributed by atoms with Crippen LogP contribution in [-0.2, 0) is 6.54 Å². The van der Waals surface area contributed by atoms with E-state index in [1.54, 1.807) is 36.5 Å². The van der Waals surface area contributed by atoms with Crippen molar-refractivity contribution in [2.75, 3.05) is 0 Å². The Morgan fingerprint density at radius 3 is 2.58 bits per heavy atom. The molecule has 0 aliphatic heterocycles. The number of pyridine rings is 2. The van der Waals surface area contributed by atoms with Crippen LogP contribution in [0.4, 0.5) is 0 Å². The predicted octanol–water partition coefficient (Wildman–Crippen LogP) is 6.62. The molecule has 1 amide bonds. The molecule has 0 aliphatic rings. The molecular weight excluding hydrogens is 457 g/mol. The van der Waals surface area contributed by atoms with E-state index in [9.17, 15) is 4.79 Å². The van der Waals surface area contributed by atoms with E-state index >= 15 is 0 Å². The summed E-state index contributed by atoms with van der Waals surface area (Å²) in [7, 11) is 0. The molecule has 0 saturated carbocycles. The van der Waals surface area contributed by atoms with E-state index in [0.717, 1.165) is 10.9 Å². The second-order valence-corrected chi connectivity index (χ2v) is 8.02. The van der Waals surface area contributed by atoms with Crippen LogP contribution in [-0.4, -0.2) is 15.9 Å². The van der Waals surface area contributed by atoms with Gasteiger partial charge in [-0.1, -0.05) is 40.9 Å². The van der Waals surface area contributed by atoms with Gasteiger partial charge in [0.1, 0.15) is 11.5 Å². The van der Waals surface area contributed by atoms with Gasteiger partial charge in [0.05, 0.1) is 15.6 Å². The number of rotatable bonds is 5. The number of amides is 1. The van der Waals surface area contributed by atoms with Crippen molar-refractivity contribution in [2.24, 2.45) is 0 Å². The lowest BCUT2D eigenvalue weighted by Gasteiger charge is -2.14. The Morgan fingerprint density at radius 1 is 1.03 bits per heavy atom. The fraction of sp³-hybridized carbons (Fsp3) is 0.0870. The molecule has 0 spiro atoms. The number of hydrogen-bond donors (Lipinski definition) is 1. The third kappa shape index (κ3) is 4.59. The molecule has 2 aromatic carbocycles. The normalized spacial score (nSPS) is 10.8. The lowest BCUT2D eigenvalue weighted by Crippen LogP contribution is -2.24. The van der Waals surface area contributed by atoms with Crippen molar-refractivity contribution in [3.63, 3.8) is 0 Å². The molecule has 0 saturated heterocycles. The lowest BCUT2D eigenvalue weighted by atomic mass is 10.1. The summed E-state index contributed by atoms with van der Waals surface area (Å²) in [5.74, 6) is 0.922. The molecule has 0 aliphatic carbocycles. The van der Waals surface area contributed by atoms with Crippen molar-refractivity contribution in [2.45, 2.75) is 13.5 Å². The maximum atomic E-state index is 12.8. The molecule has 8 heteroatoms. The van der Waals surface area contributed by atoms with Gasteiger partial charge in [-0.15, -0.1) is 0 Å². The van der Waals surface area contributed by atoms with Gasteiger partial charge in [-0.05, 0) is 43.3 Å². The van der Waals surface area contributed by atoms with Gasteiger partial charge in [0.15, 0.2) is 0 Å². The van der Waals surface area contributed by atoms with Crippen LogP contribution in [0.5, 0.6) is 11.5 Å². The molecule has 0 fully saturated rings. The number of carbonyl (C=O) groups is 1. The highest BCUT2D eigenvalue weighted by molar-refractivity contribution is 6.35. The van der Waals surface area contributed by atoms with Gasteiger partial charge < -0.3 is 10.1 Å². The molecule has 2 heterocycles. The smallest absolute Gasteiger partial charge is 0.251 e. The monoisotopic (exact) mass is 471 g/mol. The van der Waals surface area contributed by atoms with Crippen LogP contribution >= 0.6 is 34.8 Å². The van der Waals surface area contributed by atoms with Gasteiger partial charge in [0.2, 0.25) is 0 Å². The topological polar surface area (TPSA) is 64.1 Å². The number of fused-ring (bicyclic) bond motifs is 1. The molecule has 0 radical (unpaired) electrons. The second-order valence-electron chi connectivity index (χ2n) is 6.77. The summed E-state index contributed by atoms with van der Waals surface area (Å²) in [5, 5.41) is 5.06. The molecular formula is C23H16Cl3N3O2. The van der Waals surface area contributed by atoms with Crippen molar-refractivity contribution < 1.29 is 9.53 Å². The minimum atomic E-state index is -0.265. The molecule has 0 bridgehead atoms. The van der Waals surface area contributed by atoms with Crippen molar-refractivity contribution in [3.8, 4) is 11.5 Å². The average Bonchev–Trinajstić information content (AvgIpc) is 2.74. The molecule has 4 rings (SSSR count). The highest BCUT2D eigenvalue weighted by atomic mass is 35.5. The summed E-state index contributed by atoms with van der Waals surface area (Å²) in [6.45, 7) is 2.01. The van der Waals surface area contributed by atoms with Crippen LogP contribution < -0.4 is 10.1 Å². The maximum Gasteiger partial charge on any atom is 0.251 e. The van der Waals surface area contributed by atoms with Gasteiger partial charge in [0.25, 0.3) is 5.91 Å². The highest BCUT2D eigenvalue weighted by Gasteiger charge is 2.15. The SMILES string of the molecule is Cc1c(Oc2ccnc3cc(Cl)ccc23)cccc1C(=O)NCc1c(Cl)cncc1Cl. The fourth-order valence-corrected chi connectivity index (χ4v) is 3.81. The number of aromatic nitrogens is 2. The highest BCUT2D eigenvalue weighted by Crippen LogP contribution is 2.33. The Balaban J connectivity index is 1.58. The Bertz CT molecular complexity index is 1270. The van der Waals surface area contributed by atoms with Gasteiger partial charge in [-0.25, -0.2) is 0 Å². The summed E-state index contributed by atoms with van der Waals surface area (Å²) in [6, 6.07) is 12.5. The van der Waals surface area contributed by atoms with Crippen LogP contribution in [0.1, 0.15) is 21.5 Å². The Kier molecular flexibility index (Phi) is 6.28. The van der Waals surface area contributed by atoms with Gasteiger partial charge in [-0.3, -0.25) is 14.8 Å². The van der Waals surface area contributed by atoms with Crippen LogP contribution in [0, 0.1) is 6.92 Å². The molecule has 5 nitrogen and oxygen atoms in total.